The van der Waals surface area contributed by atoms with E-state index < -0.39 is 0 Å². The lowest BCUT2D eigenvalue weighted by Gasteiger charge is -2.34. The first-order valence-corrected chi connectivity index (χ1v) is 9.03. The van der Waals surface area contributed by atoms with Gasteiger partial charge in [0.05, 0.1) is 0 Å². The van der Waals surface area contributed by atoms with E-state index in [1.54, 1.807) is 0 Å². The van der Waals surface area contributed by atoms with Crippen molar-refractivity contribution < 1.29 is 4.79 Å². The molecule has 0 saturated carbocycles. The standard InChI is InChI=1S/C15H26IN3O/c1-2-15(20)18-5-3-12(4-6-18)7-17-8-13-10-19(16)11-14(13)9-17/h12-14H,2-11H2,1H3/t13-,14+. The van der Waals surface area contributed by atoms with Crippen molar-refractivity contribution in [3.8, 4) is 0 Å². The molecule has 3 aliphatic rings. The molecule has 0 bridgehead atoms. The summed E-state index contributed by atoms with van der Waals surface area (Å²) in [5.74, 6) is 2.97. The Labute approximate surface area is 136 Å². The summed E-state index contributed by atoms with van der Waals surface area (Å²) < 4.78 is 2.46. The van der Waals surface area contributed by atoms with E-state index in [4.69, 9.17) is 0 Å². The van der Waals surface area contributed by atoms with Crippen LogP contribution in [0.15, 0.2) is 0 Å². The molecule has 20 heavy (non-hydrogen) atoms. The first-order chi connectivity index (χ1) is 9.65. The highest BCUT2D eigenvalue weighted by molar-refractivity contribution is 14.1. The third-order valence-electron chi connectivity index (χ3n) is 5.30. The van der Waals surface area contributed by atoms with Crippen molar-refractivity contribution in [3.05, 3.63) is 0 Å². The average Bonchev–Trinajstić information content (AvgIpc) is 2.95. The zero-order valence-electron chi connectivity index (χ0n) is 12.4. The molecular formula is C15H26IN3O. The van der Waals surface area contributed by atoms with E-state index in [0.29, 0.717) is 12.3 Å². The van der Waals surface area contributed by atoms with Gasteiger partial charge in [-0.15, -0.1) is 0 Å². The van der Waals surface area contributed by atoms with Gasteiger partial charge >= 0.3 is 0 Å². The van der Waals surface area contributed by atoms with E-state index in [2.05, 4.69) is 35.8 Å². The van der Waals surface area contributed by atoms with Gasteiger partial charge in [-0.25, -0.2) is 3.11 Å². The monoisotopic (exact) mass is 391 g/mol. The fourth-order valence-corrected chi connectivity index (χ4v) is 5.15. The normalized spacial score (nSPS) is 32.8. The van der Waals surface area contributed by atoms with Crippen LogP contribution < -0.4 is 0 Å². The molecule has 3 saturated heterocycles. The van der Waals surface area contributed by atoms with Gasteiger partial charge in [0.25, 0.3) is 0 Å². The predicted octanol–water partition coefficient (Wildman–Crippen LogP) is 1.85. The van der Waals surface area contributed by atoms with Gasteiger partial charge in [-0.3, -0.25) is 4.79 Å². The molecule has 0 radical (unpaired) electrons. The van der Waals surface area contributed by atoms with Gasteiger partial charge in [0, 0.05) is 75.1 Å². The Kier molecular flexibility index (Phi) is 4.87. The Morgan fingerprint density at radius 3 is 2.25 bits per heavy atom. The van der Waals surface area contributed by atoms with Crippen LogP contribution in [0.2, 0.25) is 0 Å². The highest BCUT2D eigenvalue weighted by Gasteiger charge is 2.39. The SMILES string of the molecule is CCC(=O)N1CCC(CN2C[C@H]3CN(I)C[C@H]3C2)CC1. The minimum Gasteiger partial charge on any atom is -0.343 e. The molecule has 0 aliphatic carbocycles. The van der Waals surface area contributed by atoms with Crippen LogP contribution in [0.25, 0.3) is 0 Å². The lowest BCUT2D eigenvalue weighted by atomic mass is 9.96. The quantitative estimate of drug-likeness (QED) is 0.543. The van der Waals surface area contributed by atoms with E-state index in [1.807, 2.05) is 6.92 Å². The highest BCUT2D eigenvalue weighted by atomic mass is 127. The van der Waals surface area contributed by atoms with Gasteiger partial charge in [0.1, 0.15) is 0 Å². The number of likely N-dealkylation sites (tertiary alicyclic amines) is 2. The Morgan fingerprint density at radius 2 is 1.70 bits per heavy atom. The molecule has 0 N–H and O–H groups in total. The largest absolute Gasteiger partial charge is 0.343 e. The molecular weight excluding hydrogens is 365 g/mol. The van der Waals surface area contributed by atoms with Crippen molar-refractivity contribution in [2.45, 2.75) is 26.2 Å². The zero-order valence-corrected chi connectivity index (χ0v) is 14.6. The number of halogens is 1. The fraction of sp³-hybridized carbons (Fsp3) is 0.933. The topological polar surface area (TPSA) is 26.8 Å². The first-order valence-electron chi connectivity index (χ1n) is 8.06. The van der Waals surface area contributed by atoms with Crippen LogP contribution in [0, 0.1) is 17.8 Å². The maximum atomic E-state index is 11.7. The molecule has 0 spiro atoms. The van der Waals surface area contributed by atoms with Crippen LogP contribution in [0.4, 0.5) is 0 Å². The minimum atomic E-state index is 0.335. The molecule has 3 heterocycles. The molecule has 1 amide bonds. The lowest BCUT2D eigenvalue weighted by Crippen LogP contribution is -2.41. The van der Waals surface area contributed by atoms with E-state index in [0.717, 1.165) is 30.8 Å². The molecule has 0 aromatic rings. The Bertz CT molecular complexity index is 343. The predicted molar refractivity (Wildman–Crippen MR) is 88.6 cm³/mol. The van der Waals surface area contributed by atoms with E-state index >= 15 is 0 Å². The maximum absolute atomic E-state index is 11.7. The third-order valence-corrected chi connectivity index (χ3v) is 6.09. The number of amides is 1. The molecule has 0 aromatic carbocycles. The van der Waals surface area contributed by atoms with Gasteiger partial charge < -0.3 is 9.80 Å². The second-order valence-electron chi connectivity index (χ2n) is 6.74. The number of nitrogens with zero attached hydrogens (tertiary/aromatic N) is 3. The molecule has 3 rings (SSSR count). The number of hydrogen-bond donors (Lipinski definition) is 0. The Balaban J connectivity index is 1.41. The second kappa shape index (κ2) is 6.48. The summed E-state index contributed by atoms with van der Waals surface area (Å²) >= 11 is 2.47. The summed E-state index contributed by atoms with van der Waals surface area (Å²) in [6.45, 7) is 10.4. The number of carbonyl (C=O) groups is 1. The summed E-state index contributed by atoms with van der Waals surface area (Å²) in [6.07, 6.45) is 3.07. The molecule has 2 atom stereocenters. The Hall–Kier alpha value is 0.120. The van der Waals surface area contributed by atoms with Crippen molar-refractivity contribution in [3.63, 3.8) is 0 Å². The van der Waals surface area contributed by atoms with Gasteiger partial charge in [0.15, 0.2) is 0 Å². The number of piperidine rings is 1. The summed E-state index contributed by atoms with van der Waals surface area (Å²) in [5.41, 5.74) is 0. The zero-order chi connectivity index (χ0) is 14.1. The summed E-state index contributed by atoms with van der Waals surface area (Å²) in [6, 6.07) is 0. The van der Waals surface area contributed by atoms with Gasteiger partial charge in [-0.2, -0.15) is 0 Å². The molecule has 0 unspecified atom stereocenters. The van der Waals surface area contributed by atoms with E-state index in [1.165, 1.54) is 45.6 Å². The number of fused-ring (bicyclic) bond motifs is 1. The van der Waals surface area contributed by atoms with Crippen LogP contribution in [0.5, 0.6) is 0 Å². The molecule has 114 valence electrons. The van der Waals surface area contributed by atoms with Crippen LogP contribution >= 0.6 is 22.9 Å². The highest BCUT2D eigenvalue weighted by Crippen LogP contribution is 2.33. The summed E-state index contributed by atoms with van der Waals surface area (Å²) in [7, 11) is 0. The third kappa shape index (κ3) is 3.30. The van der Waals surface area contributed by atoms with Crippen molar-refractivity contribution in [2.75, 3.05) is 45.8 Å². The van der Waals surface area contributed by atoms with Crippen molar-refractivity contribution in [1.82, 2.24) is 12.9 Å². The molecule has 3 aliphatic heterocycles. The second-order valence-corrected chi connectivity index (χ2v) is 8.11. The van der Waals surface area contributed by atoms with Crippen LogP contribution in [-0.4, -0.2) is 64.6 Å². The molecule has 3 fully saturated rings. The van der Waals surface area contributed by atoms with E-state index in [-0.39, 0.29) is 0 Å². The van der Waals surface area contributed by atoms with Gasteiger partial charge in [-0.05, 0) is 30.6 Å². The van der Waals surface area contributed by atoms with Crippen LogP contribution in [0.1, 0.15) is 26.2 Å². The van der Waals surface area contributed by atoms with Crippen molar-refractivity contribution >= 4 is 28.8 Å². The lowest BCUT2D eigenvalue weighted by molar-refractivity contribution is -0.132. The van der Waals surface area contributed by atoms with Crippen molar-refractivity contribution in [1.29, 1.82) is 0 Å². The summed E-state index contributed by atoms with van der Waals surface area (Å²) in [5, 5.41) is 0. The maximum Gasteiger partial charge on any atom is 0.222 e. The average molecular weight is 391 g/mol. The Morgan fingerprint density at radius 1 is 1.10 bits per heavy atom. The molecule has 0 aromatic heterocycles. The van der Waals surface area contributed by atoms with Crippen molar-refractivity contribution in [2.24, 2.45) is 17.8 Å². The summed E-state index contributed by atoms with van der Waals surface area (Å²) in [4.78, 5) is 16.4. The van der Waals surface area contributed by atoms with Crippen LogP contribution in [0.3, 0.4) is 0 Å². The number of rotatable bonds is 3. The molecule has 5 heteroatoms. The van der Waals surface area contributed by atoms with Gasteiger partial charge in [-0.1, -0.05) is 6.92 Å². The van der Waals surface area contributed by atoms with E-state index in [9.17, 15) is 4.79 Å². The van der Waals surface area contributed by atoms with Crippen LogP contribution in [-0.2, 0) is 4.79 Å². The fourth-order valence-electron chi connectivity index (χ4n) is 4.14. The first kappa shape index (κ1) is 15.0. The smallest absolute Gasteiger partial charge is 0.222 e. The number of carbonyl (C=O) groups excluding carboxylic acids is 1. The minimum absolute atomic E-state index is 0.335. The van der Waals surface area contributed by atoms with Gasteiger partial charge in [0.2, 0.25) is 5.91 Å². The molecule has 4 nitrogen and oxygen atoms in total. The number of hydrogen-bond acceptors (Lipinski definition) is 3.